The Morgan fingerprint density at radius 1 is 1.06 bits per heavy atom. The maximum Gasteiger partial charge on any atom is 0.243 e. The van der Waals surface area contributed by atoms with Crippen LogP contribution in [0.25, 0.3) is 0 Å². The average Bonchev–Trinajstić information content (AvgIpc) is 2.74. The van der Waals surface area contributed by atoms with Crippen LogP contribution in [-0.4, -0.2) is 37.0 Å². The highest BCUT2D eigenvalue weighted by molar-refractivity contribution is 7.89. The van der Waals surface area contributed by atoms with E-state index in [2.05, 4.69) is 32.9 Å². The van der Waals surface area contributed by atoms with Gasteiger partial charge in [-0.2, -0.15) is 4.31 Å². The third kappa shape index (κ3) is 4.50. The molecule has 2 aromatic rings. The van der Waals surface area contributed by atoms with Crippen LogP contribution in [0.4, 0.5) is 0 Å². The lowest BCUT2D eigenvalue weighted by molar-refractivity contribution is 0.126. The Bertz CT molecular complexity index is 1050. The first kappa shape index (κ1) is 22.3. The molecule has 5 heteroatoms. The van der Waals surface area contributed by atoms with Crippen LogP contribution in [0.1, 0.15) is 51.2 Å². The normalized spacial score (nSPS) is 25.0. The zero-order chi connectivity index (χ0) is 22.3. The van der Waals surface area contributed by atoms with Gasteiger partial charge in [0.25, 0.3) is 0 Å². The zero-order valence-electron chi connectivity index (χ0n) is 18.7. The smallest absolute Gasteiger partial charge is 0.243 e. The Morgan fingerprint density at radius 3 is 2.39 bits per heavy atom. The number of aliphatic hydroxyl groups is 1. The van der Waals surface area contributed by atoms with E-state index in [9.17, 15) is 13.5 Å². The number of aliphatic hydroxyl groups excluding tert-OH is 1. The molecular weight excluding hydrogens is 406 g/mol. The lowest BCUT2D eigenvalue weighted by Crippen LogP contribution is -2.50. The first-order chi connectivity index (χ1) is 14.6. The Kier molecular flexibility index (Phi) is 5.88. The Hall–Kier alpha value is -1.95. The van der Waals surface area contributed by atoms with Crippen LogP contribution in [0.5, 0.6) is 0 Å². The van der Waals surface area contributed by atoms with Crippen LogP contribution < -0.4 is 0 Å². The standard InChI is InChI=1S/C26H33NO3S/c1-25(2,3)21-9-11-24(12-10-21)31(29,30)27-16-14-22-17-23(28)13-15-26(22,19-27)18-20-7-5-4-6-8-20/h4-12,17,23,28H,13-16,18-19H2,1-3H3/t23-,26-/m0/s1. The number of hydrogen-bond donors (Lipinski definition) is 1. The van der Waals surface area contributed by atoms with Crippen molar-refractivity contribution in [2.24, 2.45) is 5.41 Å². The largest absolute Gasteiger partial charge is 0.389 e. The van der Waals surface area contributed by atoms with Crippen molar-refractivity contribution in [3.05, 3.63) is 77.4 Å². The number of sulfonamides is 1. The molecule has 2 atom stereocenters. The highest BCUT2D eigenvalue weighted by atomic mass is 32.2. The summed E-state index contributed by atoms with van der Waals surface area (Å²) in [6, 6.07) is 17.6. The molecule has 2 aromatic carbocycles. The van der Waals surface area contributed by atoms with Gasteiger partial charge in [-0.25, -0.2) is 8.42 Å². The summed E-state index contributed by atoms with van der Waals surface area (Å²) in [5, 5.41) is 10.2. The first-order valence-corrected chi connectivity index (χ1v) is 12.6. The molecule has 1 aliphatic heterocycles. The number of hydrogen-bond acceptors (Lipinski definition) is 3. The molecule has 0 saturated carbocycles. The molecule has 0 aromatic heterocycles. The van der Waals surface area contributed by atoms with Crippen LogP contribution in [-0.2, 0) is 21.9 Å². The van der Waals surface area contributed by atoms with Crippen molar-refractivity contribution in [3.8, 4) is 0 Å². The van der Waals surface area contributed by atoms with Crippen LogP contribution in [0.15, 0.2) is 71.1 Å². The van der Waals surface area contributed by atoms with E-state index >= 15 is 0 Å². The van der Waals surface area contributed by atoms with Gasteiger partial charge < -0.3 is 5.11 Å². The van der Waals surface area contributed by atoms with E-state index in [1.54, 1.807) is 16.4 Å². The van der Waals surface area contributed by atoms with Crippen molar-refractivity contribution < 1.29 is 13.5 Å². The molecule has 4 rings (SSSR count). The molecule has 166 valence electrons. The third-order valence-electron chi connectivity index (χ3n) is 6.85. The van der Waals surface area contributed by atoms with Crippen molar-refractivity contribution in [2.45, 2.75) is 62.9 Å². The summed E-state index contributed by atoms with van der Waals surface area (Å²) in [4.78, 5) is 0.360. The second-order valence-corrected chi connectivity index (χ2v) is 12.0. The summed E-state index contributed by atoms with van der Waals surface area (Å²) in [6.45, 7) is 7.29. The highest BCUT2D eigenvalue weighted by Gasteiger charge is 2.45. The van der Waals surface area contributed by atoms with Crippen molar-refractivity contribution in [3.63, 3.8) is 0 Å². The van der Waals surface area contributed by atoms with Crippen molar-refractivity contribution in [1.29, 1.82) is 0 Å². The Morgan fingerprint density at radius 2 is 1.74 bits per heavy atom. The average molecular weight is 440 g/mol. The lowest BCUT2D eigenvalue weighted by atomic mass is 9.66. The molecule has 31 heavy (non-hydrogen) atoms. The van der Waals surface area contributed by atoms with Gasteiger partial charge in [-0.05, 0) is 54.4 Å². The second kappa shape index (κ2) is 8.19. The Labute approximate surface area is 186 Å². The van der Waals surface area contributed by atoms with Crippen LogP contribution >= 0.6 is 0 Å². The molecule has 1 saturated heterocycles. The minimum Gasteiger partial charge on any atom is -0.389 e. The fourth-order valence-corrected chi connectivity index (χ4v) is 6.52. The molecule has 0 unspecified atom stereocenters. The minimum atomic E-state index is -3.58. The molecule has 2 aliphatic rings. The molecule has 0 spiro atoms. The second-order valence-electron chi connectivity index (χ2n) is 10.1. The van der Waals surface area contributed by atoms with Crippen LogP contribution in [0, 0.1) is 5.41 Å². The van der Waals surface area contributed by atoms with Gasteiger partial charge in [0.15, 0.2) is 0 Å². The van der Waals surface area contributed by atoms with E-state index in [1.807, 2.05) is 36.4 Å². The van der Waals surface area contributed by atoms with Crippen molar-refractivity contribution >= 4 is 10.0 Å². The molecular formula is C26H33NO3S. The van der Waals surface area contributed by atoms with Gasteiger partial charge >= 0.3 is 0 Å². The predicted molar refractivity (Wildman–Crippen MR) is 124 cm³/mol. The van der Waals surface area contributed by atoms with Gasteiger partial charge in [-0.3, -0.25) is 0 Å². The fraction of sp³-hybridized carbons (Fsp3) is 0.462. The molecule has 0 bridgehead atoms. The minimum absolute atomic E-state index is 0.0181. The third-order valence-corrected chi connectivity index (χ3v) is 8.71. The lowest BCUT2D eigenvalue weighted by Gasteiger charge is -2.47. The molecule has 1 heterocycles. The molecule has 1 aliphatic carbocycles. The van der Waals surface area contributed by atoms with E-state index in [1.165, 1.54) is 11.1 Å². The zero-order valence-corrected chi connectivity index (χ0v) is 19.5. The number of benzene rings is 2. The van der Waals surface area contributed by atoms with Gasteiger partial charge in [0.2, 0.25) is 10.0 Å². The molecule has 1 fully saturated rings. The van der Waals surface area contributed by atoms with Gasteiger partial charge in [-0.1, -0.05) is 74.9 Å². The number of nitrogens with zero attached hydrogens (tertiary/aromatic N) is 1. The quantitative estimate of drug-likeness (QED) is 0.703. The Balaban J connectivity index is 1.65. The van der Waals surface area contributed by atoms with Crippen molar-refractivity contribution in [2.75, 3.05) is 13.1 Å². The van der Waals surface area contributed by atoms with Gasteiger partial charge in [-0.15, -0.1) is 0 Å². The van der Waals surface area contributed by atoms with E-state index in [4.69, 9.17) is 0 Å². The summed E-state index contributed by atoms with van der Waals surface area (Å²) in [5.41, 5.74) is 3.27. The van der Waals surface area contributed by atoms with Gasteiger partial charge in [0, 0.05) is 18.5 Å². The number of fused-ring (bicyclic) bond motifs is 1. The summed E-state index contributed by atoms with van der Waals surface area (Å²) in [7, 11) is -3.58. The topological polar surface area (TPSA) is 57.6 Å². The summed E-state index contributed by atoms with van der Waals surface area (Å²) in [6.07, 6.45) is 4.49. The molecule has 1 N–H and O–H groups in total. The first-order valence-electron chi connectivity index (χ1n) is 11.1. The SMILES string of the molecule is CC(C)(C)c1ccc(S(=O)(=O)N2CCC3=C[C@@H](O)CC[C@]3(Cc3ccccc3)C2)cc1. The number of rotatable bonds is 4. The summed E-state index contributed by atoms with van der Waals surface area (Å²) >= 11 is 0. The van der Waals surface area contributed by atoms with E-state index in [0.717, 1.165) is 18.4 Å². The predicted octanol–water partition coefficient (Wildman–Crippen LogP) is 4.69. The molecule has 0 radical (unpaired) electrons. The maximum atomic E-state index is 13.5. The maximum absolute atomic E-state index is 13.5. The highest BCUT2D eigenvalue weighted by Crippen LogP contribution is 2.46. The number of piperidine rings is 1. The van der Waals surface area contributed by atoms with E-state index < -0.39 is 16.1 Å². The monoisotopic (exact) mass is 439 g/mol. The van der Waals surface area contributed by atoms with E-state index in [0.29, 0.717) is 30.8 Å². The van der Waals surface area contributed by atoms with Crippen LogP contribution in [0.2, 0.25) is 0 Å². The van der Waals surface area contributed by atoms with Crippen LogP contribution in [0.3, 0.4) is 0 Å². The van der Waals surface area contributed by atoms with Gasteiger partial charge in [0.1, 0.15) is 0 Å². The van der Waals surface area contributed by atoms with Gasteiger partial charge in [0.05, 0.1) is 11.0 Å². The van der Waals surface area contributed by atoms with Crippen molar-refractivity contribution in [1.82, 2.24) is 4.31 Å². The molecule has 4 nitrogen and oxygen atoms in total. The summed E-state index contributed by atoms with van der Waals surface area (Å²) < 4.78 is 28.7. The molecule has 0 amide bonds. The van der Waals surface area contributed by atoms with E-state index in [-0.39, 0.29) is 10.8 Å². The summed E-state index contributed by atoms with van der Waals surface area (Å²) in [5.74, 6) is 0. The fourth-order valence-electron chi connectivity index (χ4n) is 4.99.